The van der Waals surface area contributed by atoms with Crippen molar-refractivity contribution in [2.24, 2.45) is 5.92 Å². The van der Waals surface area contributed by atoms with Crippen LogP contribution in [0.1, 0.15) is 104 Å². The van der Waals surface area contributed by atoms with E-state index in [9.17, 15) is 0 Å². The summed E-state index contributed by atoms with van der Waals surface area (Å²) in [5.74, 6) is 0.395. The Morgan fingerprint density at radius 3 is 1.50 bits per heavy atom. The van der Waals surface area contributed by atoms with E-state index in [1.54, 1.807) is 0 Å². The van der Waals surface area contributed by atoms with Crippen LogP contribution in [0.25, 0.3) is 0 Å². The molecule has 2 heteroatoms. The minimum Gasteiger partial charge on any atom is -0.396 e. The van der Waals surface area contributed by atoms with E-state index < -0.39 is 0 Å². The summed E-state index contributed by atoms with van der Waals surface area (Å²) in [4.78, 5) is 0. The quantitative estimate of drug-likeness (QED) is 0.319. The lowest BCUT2D eigenvalue weighted by molar-refractivity contribution is 0.234. The van der Waals surface area contributed by atoms with Crippen LogP contribution in [-0.4, -0.2) is 24.8 Å². The first-order valence-corrected chi connectivity index (χ1v) is 10.1. The molecular formula is C20H43NO. The van der Waals surface area contributed by atoms with Gasteiger partial charge in [0.15, 0.2) is 0 Å². The van der Waals surface area contributed by atoms with Crippen LogP contribution in [-0.2, 0) is 0 Å². The summed E-state index contributed by atoms with van der Waals surface area (Å²) in [5.41, 5.74) is 0. The minimum absolute atomic E-state index is 0.297. The van der Waals surface area contributed by atoms with Gasteiger partial charge in [0.2, 0.25) is 0 Å². The second-order valence-electron chi connectivity index (χ2n) is 7.09. The number of nitrogens with one attached hydrogen (secondary N) is 1. The van der Waals surface area contributed by atoms with Crippen LogP contribution < -0.4 is 5.32 Å². The first-order chi connectivity index (χ1) is 10.8. The predicted octanol–water partition coefficient (Wildman–Crippen LogP) is 5.69. The molecule has 0 fully saturated rings. The SMILES string of the molecule is CCCCCCCCCCCCCCCCNCC(C)CO. The second-order valence-corrected chi connectivity index (χ2v) is 7.09. The Bertz CT molecular complexity index is 196. The summed E-state index contributed by atoms with van der Waals surface area (Å²) in [5, 5.41) is 12.3. The van der Waals surface area contributed by atoms with Crippen molar-refractivity contribution in [3.8, 4) is 0 Å². The van der Waals surface area contributed by atoms with Crippen LogP contribution in [0, 0.1) is 5.92 Å². The van der Waals surface area contributed by atoms with Crippen LogP contribution in [0.15, 0.2) is 0 Å². The molecule has 0 heterocycles. The van der Waals surface area contributed by atoms with E-state index in [1.165, 1.54) is 89.9 Å². The molecule has 0 saturated carbocycles. The molecule has 0 radical (unpaired) electrons. The van der Waals surface area contributed by atoms with E-state index in [-0.39, 0.29) is 0 Å². The molecule has 0 aromatic carbocycles. The molecule has 22 heavy (non-hydrogen) atoms. The van der Waals surface area contributed by atoms with E-state index in [0.717, 1.165) is 13.1 Å². The molecule has 2 nitrogen and oxygen atoms in total. The van der Waals surface area contributed by atoms with Crippen molar-refractivity contribution >= 4 is 0 Å². The van der Waals surface area contributed by atoms with Gasteiger partial charge in [0.05, 0.1) is 0 Å². The van der Waals surface area contributed by atoms with Gasteiger partial charge in [0.25, 0.3) is 0 Å². The van der Waals surface area contributed by atoms with Gasteiger partial charge in [0.1, 0.15) is 0 Å². The zero-order valence-electron chi connectivity index (χ0n) is 15.5. The highest BCUT2D eigenvalue weighted by Gasteiger charge is 1.98. The van der Waals surface area contributed by atoms with Gasteiger partial charge in [-0.2, -0.15) is 0 Å². The molecule has 134 valence electrons. The van der Waals surface area contributed by atoms with Gasteiger partial charge in [-0.15, -0.1) is 0 Å². The van der Waals surface area contributed by atoms with Crippen LogP contribution in [0.3, 0.4) is 0 Å². The summed E-state index contributed by atoms with van der Waals surface area (Å²) in [7, 11) is 0. The van der Waals surface area contributed by atoms with Crippen LogP contribution in [0.4, 0.5) is 0 Å². The molecule has 0 bridgehead atoms. The number of aliphatic hydroxyl groups excluding tert-OH is 1. The van der Waals surface area contributed by atoms with Crippen molar-refractivity contribution in [3.05, 3.63) is 0 Å². The van der Waals surface area contributed by atoms with Crippen molar-refractivity contribution < 1.29 is 5.11 Å². The average molecular weight is 314 g/mol. The maximum atomic E-state index is 8.92. The predicted molar refractivity (Wildman–Crippen MR) is 99.4 cm³/mol. The first kappa shape index (κ1) is 21.9. The standard InChI is InChI=1S/C20H43NO/c1-3-4-5-6-7-8-9-10-11-12-13-14-15-16-17-21-18-20(2)19-22/h20-22H,3-19H2,1-2H3. The number of aliphatic hydroxyl groups is 1. The maximum absolute atomic E-state index is 8.92. The van der Waals surface area contributed by atoms with Gasteiger partial charge >= 0.3 is 0 Å². The summed E-state index contributed by atoms with van der Waals surface area (Å²) in [6.45, 7) is 6.73. The number of hydrogen-bond acceptors (Lipinski definition) is 2. The van der Waals surface area contributed by atoms with Crippen LogP contribution in [0.5, 0.6) is 0 Å². The summed E-state index contributed by atoms with van der Waals surface area (Å²) in [6, 6.07) is 0. The molecule has 0 amide bonds. The lowest BCUT2D eigenvalue weighted by Crippen LogP contribution is -2.24. The van der Waals surface area contributed by atoms with E-state index in [4.69, 9.17) is 5.11 Å². The molecule has 0 aliphatic rings. The fourth-order valence-electron chi connectivity index (χ4n) is 2.86. The Kier molecular flexibility index (Phi) is 18.9. The molecule has 0 spiro atoms. The Hall–Kier alpha value is -0.0800. The van der Waals surface area contributed by atoms with E-state index >= 15 is 0 Å². The van der Waals surface area contributed by atoms with Gasteiger partial charge < -0.3 is 10.4 Å². The Labute approximate surface area is 140 Å². The van der Waals surface area contributed by atoms with Crippen molar-refractivity contribution in [2.45, 2.75) is 104 Å². The van der Waals surface area contributed by atoms with Crippen molar-refractivity contribution in [1.29, 1.82) is 0 Å². The first-order valence-electron chi connectivity index (χ1n) is 10.1. The molecule has 0 aromatic rings. The van der Waals surface area contributed by atoms with E-state index in [0.29, 0.717) is 12.5 Å². The Morgan fingerprint density at radius 2 is 1.09 bits per heavy atom. The average Bonchev–Trinajstić information content (AvgIpc) is 2.54. The van der Waals surface area contributed by atoms with E-state index in [1.807, 2.05) is 0 Å². The largest absolute Gasteiger partial charge is 0.396 e. The van der Waals surface area contributed by atoms with Gasteiger partial charge in [-0.1, -0.05) is 97.3 Å². The highest BCUT2D eigenvalue weighted by Crippen LogP contribution is 2.12. The molecule has 1 unspecified atom stereocenters. The lowest BCUT2D eigenvalue weighted by atomic mass is 10.0. The Balaban J connectivity index is 2.97. The highest BCUT2D eigenvalue weighted by atomic mass is 16.3. The smallest absolute Gasteiger partial charge is 0.0468 e. The van der Waals surface area contributed by atoms with Crippen LogP contribution in [0.2, 0.25) is 0 Å². The number of unbranched alkanes of at least 4 members (excludes halogenated alkanes) is 13. The maximum Gasteiger partial charge on any atom is 0.0468 e. The summed E-state index contributed by atoms with van der Waals surface area (Å²) in [6.07, 6.45) is 19.9. The number of rotatable bonds is 18. The molecule has 0 aliphatic carbocycles. The number of hydrogen-bond donors (Lipinski definition) is 2. The van der Waals surface area contributed by atoms with Gasteiger partial charge in [-0.25, -0.2) is 0 Å². The van der Waals surface area contributed by atoms with Crippen LogP contribution >= 0.6 is 0 Å². The third-order valence-corrected chi connectivity index (χ3v) is 4.51. The molecule has 0 aromatic heterocycles. The van der Waals surface area contributed by atoms with Gasteiger partial charge in [-0.05, 0) is 25.4 Å². The normalized spacial score (nSPS) is 12.7. The molecule has 2 N–H and O–H groups in total. The fraction of sp³-hybridized carbons (Fsp3) is 1.00. The fourth-order valence-corrected chi connectivity index (χ4v) is 2.86. The van der Waals surface area contributed by atoms with E-state index in [2.05, 4.69) is 19.2 Å². The zero-order chi connectivity index (χ0) is 16.3. The molecule has 1 atom stereocenters. The highest BCUT2D eigenvalue weighted by molar-refractivity contribution is 4.55. The second kappa shape index (κ2) is 19.0. The summed E-state index contributed by atoms with van der Waals surface area (Å²) < 4.78 is 0. The minimum atomic E-state index is 0.297. The topological polar surface area (TPSA) is 32.3 Å². The lowest BCUT2D eigenvalue weighted by Gasteiger charge is -2.09. The van der Waals surface area contributed by atoms with Crippen molar-refractivity contribution in [1.82, 2.24) is 5.32 Å². The molecular weight excluding hydrogens is 270 g/mol. The molecule has 0 aliphatic heterocycles. The zero-order valence-corrected chi connectivity index (χ0v) is 15.5. The monoisotopic (exact) mass is 313 g/mol. The molecule has 0 rings (SSSR count). The van der Waals surface area contributed by atoms with Crippen molar-refractivity contribution in [3.63, 3.8) is 0 Å². The third-order valence-electron chi connectivity index (χ3n) is 4.51. The summed E-state index contributed by atoms with van der Waals surface area (Å²) >= 11 is 0. The molecule has 0 saturated heterocycles. The van der Waals surface area contributed by atoms with Crippen molar-refractivity contribution in [2.75, 3.05) is 19.7 Å². The third kappa shape index (κ3) is 18.0. The van der Waals surface area contributed by atoms with Gasteiger partial charge in [-0.3, -0.25) is 0 Å². The Morgan fingerprint density at radius 1 is 0.682 bits per heavy atom. The van der Waals surface area contributed by atoms with Gasteiger partial charge in [0, 0.05) is 6.61 Å².